The maximum absolute atomic E-state index is 12.3. The largest absolute Gasteiger partial charge is 0.372 e. The monoisotopic (exact) mass is 308 g/mol. The third kappa shape index (κ3) is 3.31. The van der Waals surface area contributed by atoms with E-state index in [1.807, 2.05) is 0 Å². The van der Waals surface area contributed by atoms with Crippen molar-refractivity contribution in [2.24, 2.45) is 5.11 Å². The van der Waals surface area contributed by atoms with Gasteiger partial charge >= 0.3 is 0 Å². The molecule has 0 aliphatic carbocycles. The highest BCUT2D eigenvalue weighted by Crippen LogP contribution is 2.32. The Morgan fingerprint density at radius 3 is 2.48 bits per heavy atom. The van der Waals surface area contributed by atoms with Crippen molar-refractivity contribution in [3.63, 3.8) is 0 Å². The van der Waals surface area contributed by atoms with Crippen LogP contribution < -0.4 is 4.90 Å². The van der Waals surface area contributed by atoms with Crippen molar-refractivity contribution in [1.82, 2.24) is 0 Å². The summed E-state index contributed by atoms with van der Waals surface area (Å²) in [4.78, 5) is 5.08. The van der Waals surface area contributed by atoms with Crippen molar-refractivity contribution in [3.05, 3.63) is 28.6 Å². The molecule has 0 unspecified atom stereocenters. The second-order valence-corrected chi connectivity index (χ2v) is 7.96. The molecule has 0 N–H and O–H groups in total. The molecule has 7 heteroatoms. The summed E-state index contributed by atoms with van der Waals surface area (Å²) in [5.41, 5.74) is 9.81. The summed E-state index contributed by atoms with van der Waals surface area (Å²) in [6.07, 6.45) is 3.48. The molecule has 0 spiro atoms. The number of piperidine rings is 1. The van der Waals surface area contributed by atoms with Crippen molar-refractivity contribution in [1.29, 1.82) is 0 Å². The van der Waals surface area contributed by atoms with Crippen LogP contribution in [0.2, 0.25) is 0 Å². The van der Waals surface area contributed by atoms with Gasteiger partial charge in [0.25, 0.3) is 0 Å². The first-order valence-electron chi connectivity index (χ1n) is 7.15. The maximum atomic E-state index is 12.3. The van der Waals surface area contributed by atoms with Gasteiger partial charge in [0.15, 0.2) is 9.84 Å². The molecule has 1 saturated heterocycles. The number of sulfone groups is 1. The molecular weight excluding hydrogens is 288 g/mol. The Hall–Kier alpha value is -1.72. The van der Waals surface area contributed by atoms with Crippen molar-refractivity contribution < 1.29 is 8.42 Å². The number of rotatable bonds is 4. The highest BCUT2D eigenvalue weighted by Gasteiger charge is 2.23. The Morgan fingerprint density at radius 2 is 1.90 bits per heavy atom. The molecule has 1 aliphatic rings. The van der Waals surface area contributed by atoms with Gasteiger partial charge in [-0.1, -0.05) is 5.11 Å². The first kappa shape index (κ1) is 15.7. The number of nitrogens with zero attached hydrogens (tertiary/aromatic N) is 4. The smallest absolute Gasteiger partial charge is 0.181 e. The van der Waals surface area contributed by atoms with Gasteiger partial charge in [0.2, 0.25) is 0 Å². The second kappa shape index (κ2) is 6.37. The Labute approximate surface area is 125 Å². The minimum Gasteiger partial charge on any atom is -0.372 e. The minimum absolute atomic E-state index is 0.107. The predicted octanol–water partition coefficient (Wildman–Crippen LogP) is 3.80. The lowest BCUT2D eigenvalue weighted by Gasteiger charge is -2.29. The van der Waals surface area contributed by atoms with Gasteiger partial charge in [-0.3, -0.25) is 0 Å². The number of anilines is 1. The molecule has 1 aliphatic heterocycles. The summed E-state index contributed by atoms with van der Waals surface area (Å²) in [7, 11) is -3.46. The van der Waals surface area contributed by atoms with Crippen LogP contribution in [-0.2, 0) is 9.84 Å². The van der Waals surface area contributed by atoms with Crippen LogP contribution in [0.1, 0.15) is 33.1 Å². The first-order valence-corrected chi connectivity index (χ1v) is 8.69. The summed E-state index contributed by atoms with van der Waals surface area (Å²) < 4.78 is 24.6. The molecule has 1 fully saturated rings. The van der Waals surface area contributed by atoms with E-state index < -0.39 is 15.1 Å². The third-order valence-electron chi connectivity index (χ3n) is 3.74. The maximum Gasteiger partial charge on any atom is 0.181 e. The second-order valence-electron chi connectivity index (χ2n) is 5.48. The van der Waals surface area contributed by atoms with Crippen LogP contribution in [0.3, 0.4) is 0 Å². The van der Waals surface area contributed by atoms with Gasteiger partial charge < -0.3 is 4.90 Å². The highest BCUT2D eigenvalue weighted by atomic mass is 32.2. The van der Waals surface area contributed by atoms with Crippen molar-refractivity contribution >= 4 is 21.2 Å². The van der Waals surface area contributed by atoms with Gasteiger partial charge in [-0.2, -0.15) is 0 Å². The lowest BCUT2D eigenvalue weighted by molar-refractivity contribution is 0.577. The molecule has 0 amide bonds. The molecule has 0 bridgehead atoms. The van der Waals surface area contributed by atoms with Gasteiger partial charge in [-0.25, -0.2) is 8.42 Å². The van der Waals surface area contributed by atoms with Crippen LogP contribution in [0.4, 0.5) is 11.4 Å². The fourth-order valence-corrected chi connectivity index (χ4v) is 3.63. The van der Waals surface area contributed by atoms with E-state index in [4.69, 9.17) is 5.53 Å². The van der Waals surface area contributed by atoms with Gasteiger partial charge in [-0.05, 0) is 56.8 Å². The molecule has 1 heterocycles. The van der Waals surface area contributed by atoms with Crippen LogP contribution in [0.5, 0.6) is 0 Å². The number of benzene rings is 1. The fourth-order valence-electron chi connectivity index (χ4n) is 2.48. The molecule has 114 valence electrons. The molecule has 2 rings (SSSR count). The van der Waals surface area contributed by atoms with Crippen LogP contribution >= 0.6 is 0 Å². The fraction of sp³-hybridized carbons (Fsp3) is 0.571. The zero-order valence-electron chi connectivity index (χ0n) is 12.4. The van der Waals surface area contributed by atoms with E-state index in [9.17, 15) is 8.42 Å². The molecule has 6 nitrogen and oxygen atoms in total. The van der Waals surface area contributed by atoms with E-state index in [0.29, 0.717) is 0 Å². The first-order chi connectivity index (χ1) is 9.96. The standard InChI is InChI=1S/C14H20N4O2S/c1-11(2)21(19,20)14-7-6-12(10-13(14)16-17-15)18-8-4-3-5-9-18/h6-7,10-11H,3-5,8-9H2,1-2H3. The van der Waals surface area contributed by atoms with Gasteiger partial charge in [-0.15, -0.1) is 0 Å². The average Bonchev–Trinajstić information content (AvgIpc) is 2.48. The average molecular weight is 308 g/mol. The molecule has 1 aromatic carbocycles. The molecular formula is C14H20N4O2S. The van der Waals surface area contributed by atoms with E-state index in [0.717, 1.165) is 31.6 Å². The summed E-state index contributed by atoms with van der Waals surface area (Å²) in [5.74, 6) is 0. The summed E-state index contributed by atoms with van der Waals surface area (Å²) in [5, 5.41) is 3.04. The Balaban J connectivity index is 2.47. The topological polar surface area (TPSA) is 86.1 Å². The Morgan fingerprint density at radius 1 is 1.24 bits per heavy atom. The predicted molar refractivity (Wildman–Crippen MR) is 83.6 cm³/mol. The Kier molecular flexibility index (Phi) is 4.75. The van der Waals surface area contributed by atoms with Crippen LogP contribution in [0.15, 0.2) is 28.2 Å². The van der Waals surface area contributed by atoms with Gasteiger partial charge in [0.1, 0.15) is 0 Å². The molecule has 21 heavy (non-hydrogen) atoms. The lowest BCUT2D eigenvalue weighted by Crippen LogP contribution is -2.29. The number of hydrogen-bond acceptors (Lipinski definition) is 4. The Bertz CT molecular complexity index is 658. The van der Waals surface area contributed by atoms with Crippen molar-refractivity contribution in [3.8, 4) is 0 Å². The van der Waals surface area contributed by atoms with E-state index in [-0.39, 0.29) is 10.6 Å². The summed E-state index contributed by atoms with van der Waals surface area (Å²) in [6, 6.07) is 5.04. The number of azide groups is 1. The SMILES string of the molecule is CC(C)S(=O)(=O)c1ccc(N2CCCCC2)cc1N=[N+]=[N-]. The third-order valence-corrected chi connectivity index (χ3v) is 5.94. The zero-order valence-corrected chi connectivity index (χ0v) is 13.2. The lowest BCUT2D eigenvalue weighted by atomic mass is 10.1. The van der Waals surface area contributed by atoms with E-state index >= 15 is 0 Å². The van der Waals surface area contributed by atoms with Crippen molar-refractivity contribution in [2.75, 3.05) is 18.0 Å². The number of hydrogen-bond donors (Lipinski definition) is 0. The molecule has 0 atom stereocenters. The molecule has 0 aromatic heterocycles. The summed E-state index contributed by atoms with van der Waals surface area (Å²) in [6.45, 7) is 5.14. The van der Waals surface area contributed by atoms with E-state index in [1.165, 1.54) is 6.42 Å². The van der Waals surface area contributed by atoms with E-state index in [2.05, 4.69) is 14.9 Å². The van der Waals surface area contributed by atoms with Crippen molar-refractivity contribution in [2.45, 2.75) is 43.3 Å². The molecule has 0 saturated carbocycles. The zero-order chi connectivity index (χ0) is 15.5. The molecule has 0 radical (unpaired) electrons. The minimum atomic E-state index is -3.46. The van der Waals surface area contributed by atoms with Gasteiger partial charge in [0, 0.05) is 23.7 Å². The molecule has 1 aromatic rings. The van der Waals surface area contributed by atoms with Crippen LogP contribution in [-0.4, -0.2) is 26.8 Å². The van der Waals surface area contributed by atoms with E-state index in [1.54, 1.807) is 32.0 Å². The summed E-state index contributed by atoms with van der Waals surface area (Å²) >= 11 is 0. The van der Waals surface area contributed by atoms with Crippen LogP contribution in [0.25, 0.3) is 10.4 Å². The quantitative estimate of drug-likeness (QED) is 0.481. The van der Waals surface area contributed by atoms with Crippen LogP contribution in [0, 0.1) is 0 Å². The highest BCUT2D eigenvalue weighted by molar-refractivity contribution is 7.92. The normalized spacial score (nSPS) is 15.9. The van der Waals surface area contributed by atoms with Gasteiger partial charge in [0.05, 0.1) is 15.8 Å².